The van der Waals surface area contributed by atoms with Crippen molar-refractivity contribution in [1.82, 2.24) is 9.13 Å². The van der Waals surface area contributed by atoms with E-state index in [4.69, 9.17) is 0 Å². The first-order chi connectivity index (χ1) is 24.7. The van der Waals surface area contributed by atoms with Gasteiger partial charge in [-0.1, -0.05) is 133 Å². The largest absolute Gasteiger partial charge is 0.309 e. The van der Waals surface area contributed by atoms with Gasteiger partial charge < -0.3 is 9.13 Å². The Morgan fingerprint density at radius 1 is 0.300 bits per heavy atom. The Morgan fingerprint density at radius 2 is 0.560 bits per heavy atom. The molecule has 0 atom stereocenters. The van der Waals surface area contributed by atoms with Crippen LogP contribution in [0.2, 0.25) is 0 Å². The van der Waals surface area contributed by atoms with E-state index in [0.29, 0.717) is 0 Å². The van der Waals surface area contributed by atoms with E-state index in [0.717, 1.165) is 55.4 Å². The molecule has 0 bridgehead atoms. The van der Waals surface area contributed by atoms with Crippen molar-refractivity contribution in [2.45, 2.75) is 0 Å². The molecule has 0 spiro atoms. The fourth-order valence-electron chi connectivity index (χ4n) is 7.05. The predicted molar refractivity (Wildman–Crippen MR) is 212 cm³/mol. The maximum absolute atomic E-state index is 13.2. The number of aromatic nitrogens is 2. The Labute approximate surface area is 289 Å². The number of benzene rings is 7. The van der Waals surface area contributed by atoms with Crippen LogP contribution in [0.3, 0.4) is 0 Å². The Kier molecular flexibility index (Phi) is 7.29. The molecule has 0 fully saturated rings. The molecule has 0 amide bonds. The van der Waals surface area contributed by atoms with E-state index in [1.807, 2.05) is 48.5 Å². The van der Waals surface area contributed by atoms with Crippen LogP contribution in [-0.4, -0.2) is 9.13 Å². The van der Waals surface area contributed by atoms with Crippen molar-refractivity contribution >= 4 is 67.9 Å². The van der Waals surface area contributed by atoms with Crippen molar-refractivity contribution < 1.29 is 0 Å². The quantitative estimate of drug-likeness (QED) is 0.131. The first kappa shape index (κ1) is 29.4. The fraction of sp³-hybridized carbons (Fsp3) is 0. The lowest BCUT2D eigenvalue weighted by molar-refractivity contribution is 1.16. The zero-order valence-electron chi connectivity index (χ0n) is 27.3. The van der Waals surface area contributed by atoms with Crippen LogP contribution in [0.25, 0.3) is 79.3 Å². The molecule has 0 aliphatic rings. The zero-order valence-corrected chi connectivity index (χ0v) is 27.3. The summed E-state index contributed by atoms with van der Waals surface area (Å²) in [7, 11) is 0. The number of pyridine rings is 1. The summed E-state index contributed by atoms with van der Waals surface area (Å²) >= 11 is 0. The highest BCUT2D eigenvalue weighted by Crippen LogP contribution is 2.32. The molecule has 0 unspecified atom stereocenters. The van der Waals surface area contributed by atoms with Gasteiger partial charge in [0.15, 0.2) is 5.43 Å². The number of hydrogen-bond acceptors (Lipinski definition) is 1. The third kappa shape index (κ3) is 5.22. The molecule has 7 aromatic carbocycles. The standard InChI is InChI=1S/C47H32N2O/c50-47-41-11-3-7-15-45(41)49(46-16-8-4-12-42(46)47)38-31-27-36(28-32-38)24-22-34-19-17-33(18-20-34)21-23-35-25-29-37(30-26-35)48-43-13-5-1-9-39(43)40-10-2-6-14-44(40)48/h1-32H/b23-21+,24-22+. The van der Waals surface area contributed by atoms with Crippen molar-refractivity contribution in [3.8, 4) is 11.4 Å². The SMILES string of the molecule is O=c1c2ccccc2n(-c2ccc(/C=C/c3ccc(/C=C/c4ccc(-n5c6ccccc6c6ccccc65)cc4)cc3)cc2)c2ccccc12. The van der Waals surface area contributed by atoms with Crippen LogP contribution in [0, 0.1) is 0 Å². The van der Waals surface area contributed by atoms with Crippen LogP contribution in [0.5, 0.6) is 0 Å². The molecule has 0 saturated heterocycles. The van der Waals surface area contributed by atoms with Crippen LogP contribution in [0.15, 0.2) is 175 Å². The molecule has 2 heterocycles. The zero-order chi connectivity index (χ0) is 33.4. The summed E-state index contributed by atoms with van der Waals surface area (Å²) in [6.45, 7) is 0. The second-order valence-electron chi connectivity index (χ2n) is 12.6. The van der Waals surface area contributed by atoms with Crippen LogP contribution in [0.1, 0.15) is 22.3 Å². The van der Waals surface area contributed by atoms with E-state index in [9.17, 15) is 4.79 Å². The topological polar surface area (TPSA) is 26.9 Å². The third-order valence-electron chi connectivity index (χ3n) is 9.53. The molecule has 3 nitrogen and oxygen atoms in total. The normalized spacial score (nSPS) is 11.9. The van der Waals surface area contributed by atoms with Crippen LogP contribution < -0.4 is 5.43 Å². The number of para-hydroxylation sites is 4. The molecular formula is C47H32N2O. The second-order valence-corrected chi connectivity index (χ2v) is 12.6. The molecule has 2 aromatic heterocycles. The first-order valence-corrected chi connectivity index (χ1v) is 16.9. The minimum atomic E-state index is 0.0682. The van der Waals surface area contributed by atoms with E-state index < -0.39 is 0 Å². The lowest BCUT2D eigenvalue weighted by Gasteiger charge is -2.15. The molecule has 3 heteroatoms. The van der Waals surface area contributed by atoms with Crippen molar-refractivity contribution in [2.24, 2.45) is 0 Å². The fourth-order valence-corrected chi connectivity index (χ4v) is 7.05. The average Bonchev–Trinajstić information content (AvgIpc) is 3.52. The summed E-state index contributed by atoms with van der Waals surface area (Å²) in [6, 6.07) is 58.7. The predicted octanol–water partition coefficient (Wildman–Crippen LogP) is 11.6. The van der Waals surface area contributed by atoms with Crippen molar-refractivity contribution in [2.75, 3.05) is 0 Å². The van der Waals surface area contributed by atoms with Gasteiger partial charge >= 0.3 is 0 Å². The Hall–Kier alpha value is -6.71. The number of nitrogens with zero attached hydrogens (tertiary/aromatic N) is 2. The molecule has 0 N–H and O–H groups in total. The lowest BCUT2D eigenvalue weighted by atomic mass is 10.1. The van der Waals surface area contributed by atoms with Crippen LogP contribution in [-0.2, 0) is 0 Å². The van der Waals surface area contributed by atoms with Gasteiger partial charge in [-0.15, -0.1) is 0 Å². The van der Waals surface area contributed by atoms with E-state index in [-0.39, 0.29) is 5.43 Å². The minimum absolute atomic E-state index is 0.0682. The maximum Gasteiger partial charge on any atom is 0.197 e. The summed E-state index contributed by atoms with van der Waals surface area (Å²) in [5.74, 6) is 0. The summed E-state index contributed by atoms with van der Waals surface area (Å²) in [6.07, 6.45) is 8.60. The van der Waals surface area contributed by atoms with Crippen molar-refractivity contribution in [3.63, 3.8) is 0 Å². The Bertz CT molecular complexity index is 2680. The van der Waals surface area contributed by atoms with Gasteiger partial charge in [-0.3, -0.25) is 4.79 Å². The lowest BCUT2D eigenvalue weighted by Crippen LogP contribution is -2.10. The van der Waals surface area contributed by atoms with Gasteiger partial charge in [0.25, 0.3) is 0 Å². The number of fused-ring (bicyclic) bond motifs is 5. The van der Waals surface area contributed by atoms with Crippen molar-refractivity contribution in [1.29, 1.82) is 0 Å². The highest BCUT2D eigenvalue weighted by molar-refractivity contribution is 6.09. The smallest absolute Gasteiger partial charge is 0.197 e. The highest BCUT2D eigenvalue weighted by atomic mass is 16.1. The minimum Gasteiger partial charge on any atom is -0.309 e. The van der Waals surface area contributed by atoms with E-state index in [2.05, 4.69) is 155 Å². The summed E-state index contributed by atoms with van der Waals surface area (Å²) in [4.78, 5) is 13.2. The molecule has 0 aliphatic carbocycles. The van der Waals surface area contributed by atoms with Crippen LogP contribution >= 0.6 is 0 Å². The summed E-state index contributed by atoms with van der Waals surface area (Å²) in [5.41, 5.74) is 11.1. The van der Waals surface area contributed by atoms with Crippen molar-refractivity contribution in [3.05, 3.63) is 202 Å². The molecule has 0 saturated carbocycles. The maximum atomic E-state index is 13.2. The van der Waals surface area contributed by atoms with Gasteiger partial charge in [-0.2, -0.15) is 0 Å². The second kappa shape index (κ2) is 12.4. The van der Waals surface area contributed by atoms with Gasteiger partial charge in [-0.05, 0) is 82.9 Å². The summed E-state index contributed by atoms with van der Waals surface area (Å²) < 4.78 is 4.51. The van der Waals surface area contributed by atoms with E-state index >= 15 is 0 Å². The average molecular weight is 641 g/mol. The van der Waals surface area contributed by atoms with Gasteiger partial charge in [0, 0.05) is 32.9 Å². The van der Waals surface area contributed by atoms with E-state index in [1.165, 1.54) is 21.8 Å². The van der Waals surface area contributed by atoms with Gasteiger partial charge in [0.2, 0.25) is 0 Å². The summed E-state index contributed by atoms with van der Waals surface area (Å²) in [5, 5.41) is 3.99. The number of hydrogen-bond donors (Lipinski definition) is 0. The monoisotopic (exact) mass is 640 g/mol. The van der Waals surface area contributed by atoms with E-state index in [1.54, 1.807) is 0 Å². The Morgan fingerprint density at radius 3 is 0.900 bits per heavy atom. The molecule has 0 aliphatic heterocycles. The molecule has 50 heavy (non-hydrogen) atoms. The first-order valence-electron chi connectivity index (χ1n) is 16.9. The van der Waals surface area contributed by atoms with Gasteiger partial charge in [0.1, 0.15) is 0 Å². The number of rotatable bonds is 6. The highest BCUT2D eigenvalue weighted by Gasteiger charge is 2.12. The molecule has 236 valence electrons. The molecular weight excluding hydrogens is 609 g/mol. The van der Waals surface area contributed by atoms with Gasteiger partial charge in [-0.25, -0.2) is 0 Å². The molecule has 9 aromatic rings. The third-order valence-corrected chi connectivity index (χ3v) is 9.53. The molecule has 9 rings (SSSR count). The van der Waals surface area contributed by atoms with Gasteiger partial charge in [0.05, 0.1) is 22.1 Å². The van der Waals surface area contributed by atoms with Crippen LogP contribution in [0.4, 0.5) is 0 Å². The Balaban J connectivity index is 0.913. The molecule has 0 radical (unpaired) electrons.